The smallest absolute Gasteiger partial charge is 0.265 e. The summed E-state index contributed by atoms with van der Waals surface area (Å²) in [6.45, 7) is 0. The highest BCUT2D eigenvalue weighted by Gasteiger charge is 2.39. The van der Waals surface area contributed by atoms with Crippen LogP contribution in [0, 0.1) is 0 Å². The van der Waals surface area contributed by atoms with Gasteiger partial charge in [-0.2, -0.15) is 0 Å². The van der Waals surface area contributed by atoms with Crippen LogP contribution in [0.1, 0.15) is 16.8 Å². The Morgan fingerprint density at radius 2 is 1.71 bits per heavy atom. The van der Waals surface area contributed by atoms with Gasteiger partial charge in [-0.15, -0.1) is 0 Å². The Balaban J connectivity index is 1.66. The number of carbonyl (C=O) groups is 3. The minimum atomic E-state index is -0.805. The van der Waals surface area contributed by atoms with Crippen molar-refractivity contribution >= 4 is 35.0 Å². The van der Waals surface area contributed by atoms with E-state index in [1.165, 1.54) is 0 Å². The van der Waals surface area contributed by atoms with E-state index >= 15 is 0 Å². The molecule has 1 heterocycles. The summed E-state index contributed by atoms with van der Waals surface area (Å²) in [5, 5.41) is 0.516. The van der Waals surface area contributed by atoms with Gasteiger partial charge >= 0.3 is 0 Å². The topological polar surface area (TPSA) is 78.5 Å². The highest BCUT2D eigenvalue weighted by atomic mass is 35.5. The molecule has 2 N–H and O–H groups in total. The quantitative estimate of drug-likeness (QED) is 0.656. The second kappa shape index (κ2) is 6.82. The first-order valence-corrected chi connectivity index (χ1v) is 7.67. The van der Waals surface area contributed by atoms with Crippen molar-refractivity contribution in [3.05, 3.63) is 65.2 Å². The van der Waals surface area contributed by atoms with E-state index < -0.39 is 11.9 Å². The Labute approximate surface area is 143 Å². The van der Waals surface area contributed by atoms with Crippen molar-refractivity contribution in [1.82, 2.24) is 10.9 Å². The lowest BCUT2D eigenvalue weighted by Crippen LogP contribution is -2.48. The number of hydrogen-bond donors (Lipinski definition) is 2. The van der Waals surface area contributed by atoms with E-state index in [0.29, 0.717) is 16.3 Å². The maximum atomic E-state index is 12.4. The molecule has 1 saturated heterocycles. The fraction of sp³-hybridized carbons (Fsp3) is 0.118. The number of anilines is 1. The molecule has 0 saturated carbocycles. The van der Waals surface area contributed by atoms with Crippen LogP contribution in [0.15, 0.2) is 54.6 Å². The second-order valence-corrected chi connectivity index (χ2v) is 5.70. The molecule has 1 fully saturated rings. The van der Waals surface area contributed by atoms with Gasteiger partial charge in [0, 0.05) is 10.6 Å². The Bertz CT molecular complexity index is 777. The Morgan fingerprint density at radius 1 is 1.04 bits per heavy atom. The third-order valence-electron chi connectivity index (χ3n) is 3.63. The van der Waals surface area contributed by atoms with Crippen LogP contribution < -0.4 is 15.8 Å². The first kappa shape index (κ1) is 16.2. The number of carbonyl (C=O) groups excluding carboxylic acids is 3. The van der Waals surface area contributed by atoms with Crippen LogP contribution in [-0.2, 0) is 9.59 Å². The van der Waals surface area contributed by atoms with Crippen LogP contribution in [0.5, 0.6) is 0 Å². The highest BCUT2D eigenvalue weighted by molar-refractivity contribution is 6.30. The molecule has 1 aliphatic heterocycles. The molecule has 0 spiro atoms. The van der Waals surface area contributed by atoms with Crippen molar-refractivity contribution in [2.24, 2.45) is 0 Å². The van der Waals surface area contributed by atoms with E-state index in [9.17, 15) is 14.4 Å². The molecule has 6 nitrogen and oxygen atoms in total. The summed E-state index contributed by atoms with van der Waals surface area (Å²) in [7, 11) is 0. The van der Waals surface area contributed by atoms with Gasteiger partial charge in [-0.1, -0.05) is 29.8 Å². The van der Waals surface area contributed by atoms with Crippen LogP contribution in [-0.4, -0.2) is 23.8 Å². The molecule has 7 heteroatoms. The lowest BCUT2D eigenvalue weighted by atomic mass is 10.2. The number of amides is 3. The van der Waals surface area contributed by atoms with Gasteiger partial charge in [0.1, 0.15) is 6.04 Å². The average molecular weight is 344 g/mol. The molecule has 2 aromatic carbocycles. The van der Waals surface area contributed by atoms with E-state index in [4.69, 9.17) is 11.6 Å². The van der Waals surface area contributed by atoms with Crippen LogP contribution in [0.4, 0.5) is 5.69 Å². The van der Waals surface area contributed by atoms with Gasteiger partial charge in [-0.05, 0) is 36.4 Å². The normalized spacial score (nSPS) is 17.2. The first-order chi connectivity index (χ1) is 11.6. The zero-order chi connectivity index (χ0) is 17.1. The lowest BCUT2D eigenvalue weighted by Gasteiger charge is -2.16. The molecule has 122 valence electrons. The van der Waals surface area contributed by atoms with Crippen LogP contribution in [0.2, 0.25) is 5.02 Å². The number of nitrogens with one attached hydrogen (secondary N) is 2. The Morgan fingerprint density at radius 3 is 2.38 bits per heavy atom. The Kier molecular flexibility index (Phi) is 4.59. The van der Waals surface area contributed by atoms with Crippen molar-refractivity contribution in [3.8, 4) is 0 Å². The first-order valence-electron chi connectivity index (χ1n) is 7.29. The van der Waals surface area contributed by atoms with Crippen LogP contribution >= 0.6 is 11.6 Å². The van der Waals surface area contributed by atoms with E-state index in [2.05, 4.69) is 10.9 Å². The second-order valence-electron chi connectivity index (χ2n) is 5.27. The molecule has 0 bridgehead atoms. The van der Waals surface area contributed by atoms with Crippen molar-refractivity contribution in [2.75, 3.05) is 4.90 Å². The number of halogens is 1. The zero-order valence-corrected chi connectivity index (χ0v) is 13.3. The number of rotatable bonds is 4. The SMILES string of the molecule is O=C(NN[C@@H]1CC(=O)N(c2ccc(Cl)cc2)C1=O)c1ccccc1. The predicted molar refractivity (Wildman–Crippen MR) is 89.4 cm³/mol. The summed E-state index contributed by atoms with van der Waals surface area (Å²) < 4.78 is 0. The average Bonchev–Trinajstić information content (AvgIpc) is 2.88. The zero-order valence-electron chi connectivity index (χ0n) is 12.5. The number of hydrogen-bond acceptors (Lipinski definition) is 4. The molecule has 3 amide bonds. The third-order valence-corrected chi connectivity index (χ3v) is 3.88. The molecule has 24 heavy (non-hydrogen) atoms. The van der Waals surface area contributed by atoms with Crippen LogP contribution in [0.25, 0.3) is 0 Å². The van der Waals surface area contributed by atoms with Gasteiger partial charge in [0.25, 0.3) is 11.8 Å². The molecule has 0 aliphatic carbocycles. The number of nitrogens with zero attached hydrogens (tertiary/aromatic N) is 1. The molecule has 1 aliphatic rings. The molecular formula is C17H14ClN3O3. The van der Waals surface area contributed by atoms with Gasteiger partial charge in [-0.3, -0.25) is 19.8 Å². The van der Waals surface area contributed by atoms with Gasteiger partial charge in [-0.25, -0.2) is 10.3 Å². The minimum Gasteiger partial charge on any atom is -0.287 e. The fourth-order valence-corrected chi connectivity index (χ4v) is 2.55. The molecule has 1 atom stereocenters. The van der Waals surface area contributed by atoms with E-state index in [1.807, 2.05) is 0 Å². The fourth-order valence-electron chi connectivity index (χ4n) is 2.42. The number of hydrazine groups is 1. The largest absolute Gasteiger partial charge is 0.287 e. The minimum absolute atomic E-state index is 0.0312. The van der Waals surface area contributed by atoms with E-state index in [1.54, 1.807) is 54.6 Å². The summed E-state index contributed by atoms with van der Waals surface area (Å²) in [5.41, 5.74) is 6.00. The lowest BCUT2D eigenvalue weighted by molar-refractivity contribution is -0.121. The predicted octanol–water partition coefficient (Wildman–Crippen LogP) is 1.91. The third kappa shape index (κ3) is 3.29. The molecule has 0 unspecified atom stereocenters. The van der Waals surface area contributed by atoms with Gasteiger partial charge in [0.2, 0.25) is 5.91 Å². The van der Waals surface area contributed by atoms with Crippen LogP contribution in [0.3, 0.4) is 0 Å². The summed E-state index contributed by atoms with van der Waals surface area (Å²) in [6, 6.07) is 14.2. The number of benzene rings is 2. The van der Waals surface area contributed by atoms with E-state index in [0.717, 1.165) is 4.90 Å². The molecule has 2 aromatic rings. The summed E-state index contributed by atoms with van der Waals surface area (Å²) >= 11 is 5.81. The summed E-state index contributed by atoms with van der Waals surface area (Å²) in [6.07, 6.45) is -0.0312. The highest BCUT2D eigenvalue weighted by Crippen LogP contribution is 2.24. The Hall–Kier alpha value is -2.70. The summed E-state index contributed by atoms with van der Waals surface area (Å²) in [4.78, 5) is 37.6. The standard InChI is InChI=1S/C17H14ClN3O3/c18-12-6-8-13(9-7-12)21-15(22)10-14(17(21)24)19-20-16(23)11-4-2-1-3-5-11/h1-9,14,19H,10H2,(H,20,23)/t14-/m1/s1. The maximum Gasteiger partial charge on any atom is 0.265 e. The maximum absolute atomic E-state index is 12.4. The van der Waals surface area contributed by atoms with Gasteiger partial charge in [0.15, 0.2) is 0 Å². The van der Waals surface area contributed by atoms with Crippen molar-refractivity contribution in [3.63, 3.8) is 0 Å². The van der Waals surface area contributed by atoms with Gasteiger partial charge < -0.3 is 0 Å². The van der Waals surface area contributed by atoms with Crippen molar-refractivity contribution in [2.45, 2.75) is 12.5 Å². The van der Waals surface area contributed by atoms with E-state index in [-0.39, 0.29) is 18.2 Å². The summed E-state index contributed by atoms with van der Waals surface area (Å²) in [5.74, 6) is -1.13. The van der Waals surface area contributed by atoms with Gasteiger partial charge in [0.05, 0.1) is 12.1 Å². The molecule has 3 rings (SSSR count). The van der Waals surface area contributed by atoms with Crippen molar-refractivity contribution in [1.29, 1.82) is 0 Å². The molecule has 0 radical (unpaired) electrons. The van der Waals surface area contributed by atoms with Crippen molar-refractivity contribution < 1.29 is 14.4 Å². The molecule has 0 aromatic heterocycles. The monoisotopic (exact) mass is 343 g/mol. The number of imide groups is 1. The molecular weight excluding hydrogens is 330 g/mol.